The van der Waals surface area contributed by atoms with Gasteiger partial charge >= 0.3 is 4.59 Å². The van der Waals surface area contributed by atoms with E-state index in [0.717, 1.165) is 0 Å². The summed E-state index contributed by atoms with van der Waals surface area (Å²) in [5, 5.41) is 10.6. The maximum absolute atomic E-state index is 13.1. The van der Waals surface area contributed by atoms with Crippen molar-refractivity contribution in [2.45, 2.75) is 17.4 Å². The van der Waals surface area contributed by atoms with Crippen LogP contribution in [0.25, 0.3) is 0 Å². The number of rotatable bonds is 5. The van der Waals surface area contributed by atoms with Crippen molar-refractivity contribution < 1.29 is 31.8 Å². The Labute approximate surface area is 89.3 Å². The fraction of sp³-hybridized carbons (Fsp3) is 1.00. The minimum atomic E-state index is -4.76. The van der Waals surface area contributed by atoms with Gasteiger partial charge in [0.15, 0.2) is 0 Å². The molecule has 1 aliphatic heterocycles. The molecule has 0 atom stereocenters. The molecule has 0 amide bonds. The first-order valence-corrected chi connectivity index (χ1v) is 6.13. The smallest absolute Gasteiger partial charge is 0.220 e. The highest BCUT2D eigenvalue weighted by atomic mass is 32.3. The normalized spacial score (nSPS) is 19.7. The van der Waals surface area contributed by atoms with Crippen molar-refractivity contribution in [1.82, 2.24) is 4.31 Å². The average Bonchev–Trinajstić information content (AvgIpc) is 2.67. The Balaban J connectivity index is 2.74. The van der Waals surface area contributed by atoms with E-state index in [1.165, 1.54) is 0 Å². The van der Waals surface area contributed by atoms with Crippen molar-refractivity contribution in [3.8, 4) is 0 Å². The summed E-state index contributed by atoms with van der Waals surface area (Å²) in [7, 11) is -4.76. The maximum atomic E-state index is 13.1. The van der Waals surface area contributed by atoms with E-state index < -0.39 is 26.7 Å². The third-order valence-corrected chi connectivity index (χ3v) is 4.67. The zero-order valence-electron chi connectivity index (χ0n) is 7.43. The molecule has 0 aromatic carbocycles. The SMILES string of the molecule is O=S(=O)(N1CCCC1)C(F)(F)SOOO. The summed E-state index contributed by atoms with van der Waals surface area (Å²) in [6.07, 6.45) is 1.11. The largest absolute Gasteiger partial charge is 0.433 e. The van der Waals surface area contributed by atoms with Crippen LogP contribution in [0, 0.1) is 0 Å². The highest BCUT2D eigenvalue weighted by Crippen LogP contribution is 2.38. The van der Waals surface area contributed by atoms with E-state index in [9.17, 15) is 17.2 Å². The molecule has 0 aromatic heterocycles. The van der Waals surface area contributed by atoms with Crippen molar-refractivity contribution in [3.63, 3.8) is 0 Å². The molecule has 0 saturated carbocycles. The molecule has 1 saturated heterocycles. The first-order chi connectivity index (χ1) is 6.92. The third kappa shape index (κ3) is 2.77. The van der Waals surface area contributed by atoms with Crippen LogP contribution in [0.3, 0.4) is 0 Å². The minimum Gasteiger partial charge on any atom is -0.220 e. The van der Waals surface area contributed by atoms with Gasteiger partial charge in [-0.25, -0.2) is 13.7 Å². The number of nitrogens with zero attached hydrogens (tertiary/aromatic N) is 1. The molecule has 0 radical (unpaired) electrons. The second-order valence-corrected chi connectivity index (χ2v) is 5.85. The Hall–Kier alpha value is -0.0000000000000000971. The van der Waals surface area contributed by atoms with Gasteiger partial charge in [-0.3, -0.25) is 0 Å². The number of halogens is 2. The van der Waals surface area contributed by atoms with Gasteiger partial charge in [0.2, 0.25) is 0 Å². The summed E-state index contributed by atoms with van der Waals surface area (Å²) >= 11 is -0.763. The van der Waals surface area contributed by atoms with Crippen LogP contribution in [0.5, 0.6) is 0 Å². The number of hydrogen-bond acceptors (Lipinski definition) is 6. The van der Waals surface area contributed by atoms with Crippen LogP contribution in [0.15, 0.2) is 0 Å². The van der Waals surface area contributed by atoms with Crippen LogP contribution in [-0.2, 0) is 19.4 Å². The molecular weight excluding hydrogens is 256 g/mol. The van der Waals surface area contributed by atoms with Gasteiger partial charge in [0.05, 0.1) is 0 Å². The molecule has 1 heterocycles. The van der Waals surface area contributed by atoms with Gasteiger partial charge in [0.1, 0.15) is 12.0 Å². The summed E-state index contributed by atoms with van der Waals surface area (Å²) in [6.45, 7) is 0.136. The van der Waals surface area contributed by atoms with E-state index in [0.29, 0.717) is 17.1 Å². The first-order valence-electron chi connectivity index (χ1n) is 3.95. The van der Waals surface area contributed by atoms with Crippen LogP contribution < -0.4 is 0 Å². The Morgan fingerprint density at radius 1 is 1.33 bits per heavy atom. The average molecular weight is 265 g/mol. The van der Waals surface area contributed by atoms with Gasteiger partial charge in [-0.05, 0) is 12.8 Å². The van der Waals surface area contributed by atoms with Gasteiger partial charge in [0, 0.05) is 13.1 Å². The highest BCUT2D eigenvalue weighted by Gasteiger charge is 2.52. The summed E-state index contributed by atoms with van der Waals surface area (Å²) in [4.78, 5) is 0. The Morgan fingerprint density at radius 2 is 1.87 bits per heavy atom. The first kappa shape index (κ1) is 13.1. The van der Waals surface area contributed by atoms with Crippen molar-refractivity contribution >= 4 is 22.1 Å². The molecule has 0 spiro atoms. The van der Waals surface area contributed by atoms with E-state index in [1.807, 2.05) is 0 Å². The van der Waals surface area contributed by atoms with Gasteiger partial charge in [-0.1, -0.05) is 5.04 Å². The van der Waals surface area contributed by atoms with Gasteiger partial charge in [-0.15, -0.1) is 4.33 Å². The van der Waals surface area contributed by atoms with E-state index >= 15 is 0 Å². The van der Waals surface area contributed by atoms with E-state index in [2.05, 4.69) is 9.37 Å². The molecule has 1 aliphatic rings. The Bertz CT molecular complexity index is 303. The molecule has 6 nitrogen and oxygen atoms in total. The van der Waals surface area contributed by atoms with Crippen LogP contribution in [0.2, 0.25) is 0 Å². The van der Waals surface area contributed by atoms with Gasteiger partial charge in [0.25, 0.3) is 10.0 Å². The summed E-state index contributed by atoms with van der Waals surface area (Å²) in [5.74, 6) is 0. The molecular formula is C5H9F2NO5S2. The van der Waals surface area contributed by atoms with Crippen LogP contribution in [0.1, 0.15) is 12.8 Å². The molecule has 10 heteroatoms. The standard InChI is InChI=1S/C5H9F2NO5S2/c6-5(7,14-13-12-9)15(10,11)8-3-1-2-4-8/h9H,1-4H2. The molecule has 1 N–H and O–H groups in total. The summed E-state index contributed by atoms with van der Waals surface area (Å²) < 4.78 is 48.7. The molecule has 1 rings (SSSR count). The lowest BCUT2D eigenvalue weighted by molar-refractivity contribution is -0.433. The molecule has 0 unspecified atom stereocenters. The molecule has 0 aliphatic carbocycles. The monoisotopic (exact) mass is 265 g/mol. The van der Waals surface area contributed by atoms with Crippen LogP contribution in [-0.4, -0.2) is 35.7 Å². The molecule has 90 valence electrons. The second kappa shape index (κ2) is 4.89. The van der Waals surface area contributed by atoms with Crippen molar-refractivity contribution in [2.75, 3.05) is 13.1 Å². The lowest BCUT2D eigenvalue weighted by Crippen LogP contribution is -2.39. The Kier molecular flexibility index (Phi) is 4.26. The van der Waals surface area contributed by atoms with Crippen molar-refractivity contribution in [3.05, 3.63) is 0 Å². The number of alkyl halides is 2. The second-order valence-electron chi connectivity index (χ2n) is 2.80. The topological polar surface area (TPSA) is 76.1 Å². The Morgan fingerprint density at radius 3 is 2.33 bits per heavy atom. The molecule has 0 aromatic rings. The zero-order chi connectivity index (χ0) is 11.5. The van der Waals surface area contributed by atoms with Crippen LogP contribution in [0.4, 0.5) is 8.78 Å². The number of sulfonamides is 1. The van der Waals surface area contributed by atoms with E-state index in [-0.39, 0.29) is 13.1 Å². The van der Waals surface area contributed by atoms with E-state index in [4.69, 9.17) is 5.26 Å². The third-order valence-electron chi connectivity index (χ3n) is 1.87. The zero-order valence-corrected chi connectivity index (χ0v) is 9.06. The fourth-order valence-electron chi connectivity index (χ4n) is 1.18. The lowest BCUT2D eigenvalue weighted by atomic mass is 10.4. The molecule has 1 fully saturated rings. The summed E-state index contributed by atoms with van der Waals surface area (Å²) in [5.41, 5.74) is 0. The van der Waals surface area contributed by atoms with Crippen molar-refractivity contribution in [2.24, 2.45) is 0 Å². The van der Waals surface area contributed by atoms with Gasteiger partial charge in [-0.2, -0.15) is 13.1 Å². The fourth-order valence-corrected chi connectivity index (χ4v) is 3.07. The highest BCUT2D eigenvalue weighted by molar-refractivity contribution is 8.10. The van der Waals surface area contributed by atoms with Gasteiger partial charge < -0.3 is 0 Å². The summed E-state index contributed by atoms with van der Waals surface area (Å²) in [6, 6.07) is 0. The predicted molar refractivity (Wildman–Crippen MR) is 47.1 cm³/mol. The van der Waals surface area contributed by atoms with Crippen molar-refractivity contribution in [1.29, 1.82) is 0 Å². The molecule has 0 bridgehead atoms. The van der Waals surface area contributed by atoms with Crippen LogP contribution >= 0.6 is 12.0 Å². The minimum absolute atomic E-state index is 0.0679. The number of hydrogen-bond donors (Lipinski definition) is 1. The maximum Gasteiger partial charge on any atom is 0.433 e. The van der Waals surface area contributed by atoms with E-state index in [1.54, 1.807) is 0 Å². The lowest BCUT2D eigenvalue weighted by Gasteiger charge is -2.20. The predicted octanol–water partition coefficient (Wildman–Crippen LogP) is 1.03. The molecule has 15 heavy (non-hydrogen) atoms. The quantitative estimate of drug-likeness (QED) is 0.454.